The zero-order valence-electron chi connectivity index (χ0n) is 18.7. The number of urea groups is 1. The number of imide groups is 1. The van der Waals surface area contributed by atoms with E-state index in [1.54, 1.807) is 31.2 Å². The Morgan fingerprint density at radius 3 is 2.79 bits per heavy atom. The molecule has 2 aromatic rings. The van der Waals surface area contributed by atoms with E-state index in [-0.39, 0.29) is 24.7 Å². The Morgan fingerprint density at radius 2 is 2.15 bits per heavy atom. The van der Waals surface area contributed by atoms with Crippen LogP contribution in [-0.2, 0) is 29.7 Å². The lowest BCUT2D eigenvalue weighted by atomic mass is 9.91. The smallest absolute Gasteiger partial charge is 0.325 e. The normalized spacial score (nSPS) is 23.8. The van der Waals surface area contributed by atoms with E-state index in [4.69, 9.17) is 4.74 Å². The van der Waals surface area contributed by atoms with Gasteiger partial charge in [0.25, 0.3) is 5.91 Å². The summed E-state index contributed by atoms with van der Waals surface area (Å²) >= 11 is 0. The molecule has 2 unspecified atom stereocenters. The van der Waals surface area contributed by atoms with Crippen LogP contribution in [0, 0.1) is 0 Å². The fourth-order valence-corrected chi connectivity index (χ4v) is 5.95. The highest BCUT2D eigenvalue weighted by Gasteiger charge is 2.50. The van der Waals surface area contributed by atoms with Crippen LogP contribution in [0.2, 0.25) is 0 Å². The van der Waals surface area contributed by atoms with Gasteiger partial charge in [-0.05, 0) is 41.5 Å². The van der Waals surface area contributed by atoms with Gasteiger partial charge < -0.3 is 15.0 Å². The first-order valence-corrected chi connectivity index (χ1v) is 12.4. The van der Waals surface area contributed by atoms with Gasteiger partial charge in [0, 0.05) is 19.7 Å². The summed E-state index contributed by atoms with van der Waals surface area (Å²) in [6, 6.07) is 5.58. The lowest BCUT2D eigenvalue weighted by Gasteiger charge is -2.29. The highest BCUT2D eigenvalue weighted by molar-refractivity contribution is 7.91. The molecule has 4 amide bonds. The van der Waals surface area contributed by atoms with Crippen molar-refractivity contribution in [3.63, 3.8) is 0 Å². The van der Waals surface area contributed by atoms with Gasteiger partial charge in [0.1, 0.15) is 18.4 Å². The molecule has 2 atom stereocenters. The van der Waals surface area contributed by atoms with Crippen LogP contribution in [0.25, 0.3) is 5.69 Å². The summed E-state index contributed by atoms with van der Waals surface area (Å²) in [5.74, 6) is -1.27. The number of ether oxygens (including phenoxy) is 1. The number of methoxy groups -OCH3 is 1. The maximum absolute atomic E-state index is 13.3. The van der Waals surface area contributed by atoms with Gasteiger partial charge in [0.2, 0.25) is 5.91 Å². The average molecular weight is 492 g/mol. The zero-order valence-corrected chi connectivity index (χ0v) is 19.6. The van der Waals surface area contributed by atoms with Crippen LogP contribution >= 0.6 is 0 Å². The molecule has 0 bridgehead atoms. The van der Waals surface area contributed by atoms with Crippen LogP contribution in [-0.4, -0.2) is 101 Å². The predicted octanol–water partition coefficient (Wildman–Crippen LogP) is -0.909. The molecule has 0 aliphatic carbocycles. The fraction of sp³-hybridized carbons (Fsp3) is 0.500. The minimum atomic E-state index is -3.24. The molecule has 0 saturated carbocycles. The summed E-state index contributed by atoms with van der Waals surface area (Å²) in [7, 11) is -1.76. The van der Waals surface area contributed by atoms with Crippen molar-refractivity contribution in [2.75, 3.05) is 38.3 Å². The van der Waals surface area contributed by atoms with Gasteiger partial charge in [-0.1, -0.05) is 12.1 Å². The highest BCUT2D eigenvalue weighted by atomic mass is 32.2. The Kier molecular flexibility index (Phi) is 6.36. The van der Waals surface area contributed by atoms with Gasteiger partial charge in [0.05, 0.1) is 23.8 Å². The number of carbonyl (C=O) groups excluding carboxylic acids is 3. The number of amides is 4. The van der Waals surface area contributed by atoms with E-state index in [0.29, 0.717) is 17.7 Å². The average Bonchev–Trinajstić information content (AvgIpc) is 3.51. The summed E-state index contributed by atoms with van der Waals surface area (Å²) < 4.78 is 30.3. The van der Waals surface area contributed by atoms with E-state index in [2.05, 4.69) is 20.8 Å². The third-order valence-electron chi connectivity index (χ3n) is 6.11. The Balaban J connectivity index is 1.54. The van der Waals surface area contributed by atoms with Crippen LogP contribution in [0.3, 0.4) is 0 Å². The quantitative estimate of drug-likeness (QED) is 0.462. The summed E-state index contributed by atoms with van der Waals surface area (Å²) in [5.41, 5.74) is -0.324. The van der Waals surface area contributed by atoms with Crippen LogP contribution in [0.5, 0.6) is 0 Å². The van der Waals surface area contributed by atoms with E-state index in [0.717, 1.165) is 4.90 Å². The van der Waals surface area contributed by atoms with Crippen molar-refractivity contribution < 1.29 is 27.5 Å². The lowest BCUT2D eigenvalue weighted by molar-refractivity contribution is -0.140. The summed E-state index contributed by atoms with van der Waals surface area (Å²) in [5, 5.41) is 13.7. The molecule has 13 nitrogen and oxygen atoms in total. The van der Waals surface area contributed by atoms with Gasteiger partial charge >= 0.3 is 6.03 Å². The monoisotopic (exact) mass is 491 g/mol. The molecule has 2 fully saturated rings. The minimum Gasteiger partial charge on any atom is -0.383 e. The van der Waals surface area contributed by atoms with E-state index < -0.39 is 45.8 Å². The van der Waals surface area contributed by atoms with E-state index >= 15 is 0 Å². The maximum atomic E-state index is 13.3. The molecule has 14 heteroatoms. The second-order valence-electron chi connectivity index (χ2n) is 8.39. The Labute approximate surface area is 195 Å². The van der Waals surface area contributed by atoms with Crippen LogP contribution in [0.1, 0.15) is 18.9 Å². The first-order chi connectivity index (χ1) is 16.1. The topological polar surface area (TPSA) is 157 Å². The molecule has 1 aromatic heterocycles. The molecule has 3 heterocycles. The van der Waals surface area contributed by atoms with Crippen molar-refractivity contribution in [3.8, 4) is 5.69 Å². The number of hydrogen-bond donors (Lipinski definition) is 1. The molecule has 2 saturated heterocycles. The number of hydrogen-bond acceptors (Lipinski definition) is 9. The molecule has 2 aliphatic heterocycles. The van der Waals surface area contributed by atoms with Crippen LogP contribution in [0.15, 0.2) is 30.6 Å². The second kappa shape index (κ2) is 9.10. The van der Waals surface area contributed by atoms with Crippen LogP contribution in [0.4, 0.5) is 4.79 Å². The third-order valence-corrected chi connectivity index (χ3v) is 7.86. The molecule has 1 aromatic carbocycles. The van der Waals surface area contributed by atoms with Crippen molar-refractivity contribution in [3.05, 3.63) is 36.2 Å². The van der Waals surface area contributed by atoms with Gasteiger partial charge in [-0.3, -0.25) is 14.5 Å². The predicted molar refractivity (Wildman–Crippen MR) is 117 cm³/mol. The summed E-state index contributed by atoms with van der Waals surface area (Å²) in [6.07, 6.45) is 1.71. The van der Waals surface area contributed by atoms with E-state index in [1.165, 1.54) is 23.0 Å². The molecule has 182 valence electrons. The standard InChI is InChI=1S/C20H25N7O6S/c1-20(14-4-3-5-15(10-14)27-13-21-23-24-27)18(29)26(19(30)22-20)11-17(28)25(7-8-33-2)16-6-9-34(31,32)12-16/h3-5,10,13,16H,6-9,11-12H2,1-2H3,(H,22,30). The second-order valence-corrected chi connectivity index (χ2v) is 10.6. The van der Waals surface area contributed by atoms with Crippen molar-refractivity contribution in [2.24, 2.45) is 0 Å². The number of aromatic nitrogens is 4. The number of sulfone groups is 1. The molecule has 34 heavy (non-hydrogen) atoms. The van der Waals surface area contributed by atoms with Crippen molar-refractivity contribution >= 4 is 27.7 Å². The zero-order chi connectivity index (χ0) is 24.5. The summed E-state index contributed by atoms with van der Waals surface area (Å²) in [4.78, 5) is 41.5. The number of tetrazole rings is 1. The van der Waals surface area contributed by atoms with Gasteiger partial charge in [-0.2, -0.15) is 0 Å². The van der Waals surface area contributed by atoms with E-state index in [9.17, 15) is 22.8 Å². The molecular weight excluding hydrogens is 466 g/mol. The summed E-state index contributed by atoms with van der Waals surface area (Å²) in [6.45, 7) is 1.41. The largest absolute Gasteiger partial charge is 0.383 e. The number of nitrogens with one attached hydrogen (secondary N) is 1. The first kappa shape index (κ1) is 23.8. The van der Waals surface area contributed by atoms with Crippen molar-refractivity contribution in [1.82, 2.24) is 35.3 Å². The minimum absolute atomic E-state index is 0.00668. The van der Waals surface area contributed by atoms with Gasteiger partial charge in [-0.15, -0.1) is 5.10 Å². The number of nitrogens with zero attached hydrogens (tertiary/aromatic N) is 6. The number of benzene rings is 1. The third kappa shape index (κ3) is 4.50. The lowest BCUT2D eigenvalue weighted by Crippen LogP contribution is -2.49. The maximum Gasteiger partial charge on any atom is 0.325 e. The fourth-order valence-electron chi connectivity index (χ4n) is 4.22. The Bertz CT molecular complexity index is 1200. The van der Waals surface area contributed by atoms with Crippen LogP contribution < -0.4 is 5.32 Å². The number of rotatable bonds is 8. The molecular formula is C20H25N7O6S. The molecule has 1 N–H and O–H groups in total. The Hall–Kier alpha value is -3.39. The SMILES string of the molecule is COCCN(C(=O)CN1C(=O)NC(C)(c2cccc(-n3cnnn3)c2)C1=O)C1CCS(=O)(=O)C1. The number of carbonyl (C=O) groups is 3. The van der Waals surface area contributed by atoms with Crippen molar-refractivity contribution in [1.29, 1.82) is 0 Å². The molecule has 0 radical (unpaired) electrons. The highest BCUT2D eigenvalue weighted by Crippen LogP contribution is 2.30. The van der Waals surface area contributed by atoms with E-state index in [1.807, 2.05) is 0 Å². The first-order valence-electron chi connectivity index (χ1n) is 10.6. The Morgan fingerprint density at radius 1 is 1.35 bits per heavy atom. The molecule has 0 spiro atoms. The van der Waals surface area contributed by atoms with Crippen molar-refractivity contribution in [2.45, 2.75) is 24.9 Å². The van der Waals surface area contributed by atoms with Gasteiger partial charge in [-0.25, -0.2) is 17.9 Å². The molecule has 4 rings (SSSR count). The molecule has 2 aliphatic rings. The van der Waals surface area contributed by atoms with Gasteiger partial charge in [0.15, 0.2) is 9.84 Å².